The van der Waals surface area contributed by atoms with Crippen molar-refractivity contribution < 1.29 is 14.3 Å². The highest BCUT2D eigenvalue weighted by molar-refractivity contribution is 6.10. The Labute approximate surface area is 142 Å². The van der Waals surface area contributed by atoms with Gasteiger partial charge in [0.1, 0.15) is 11.6 Å². The van der Waals surface area contributed by atoms with E-state index in [1.165, 1.54) is 24.4 Å². The number of halogens is 1. The van der Waals surface area contributed by atoms with Crippen LogP contribution >= 0.6 is 0 Å². The summed E-state index contributed by atoms with van der Waals surface area (Å²) < 4.78 is 13.6. The molecule has 4 aromatic rings. The van der Waals surface area contributed by atoms with Crippen molar-refractivity contribution in [2.45, 2.75) is 0 Å². The highest BCUT2D eigenvalue weighted by Crippen LogP contribution is 2.32. The molecule has 2 N–H and O–H groups in total. The molecule has 0 atom stereocenters. The predicted octanol–water partition coefficient (Wildman–Crippen LogP) is 4.31. The fraction of sp³-hybridized carbons (Fsp3) is 0. The number of nitrogens with one attached hydrogen (secondary N) is 1. The number of phenols is 1. The van der Waals surface area contributed by atoms with Crippen LogP contribution in [0.3, 0.4) is 0 Å². The van der Waals surface area contributed by atoms with E-state index >= 15 is 0 Å². The first-order valence-corrected chi connectivity index (χ1v) is 7.67. The van der Waals surface area contributed by atoms with Crippen LogP contribution in [0.15, 0.2) is 67.1 Å². The fourth-order valence-electron chi connectivity index (χ4n) is 2.89. The van der Waals surface area contributed by atoms with Crippen molar-refractivity contribution >= 4 is 16.7 Å². The number of phenolic OH excluding ortho intramolecular Hbond substituents is 1. The van der Waals surface area contributed by atoms with Gasteiger partial charge in [-0.2, -0.15) is 0 Å². The summed E-state index contributed by atoms with van der Waals surface area (Å²) in [5.74, 6) is -0.619. The Morgan fingerprint density at radius 1 is 1.08 bits per heavy atom. The van der Waals surface area contributed by atoms with Crippen LogP contribution in [0, 0.1) is 5.82 Å². The lowest BCUT2D eigenvalue weighted by Crippen LogP contribution is -2.01. The number of carbonyl (C=O) groups excluding carboxylic acids is 1. The minimum absolute atomic E-state index is 0.0320. The molecular formula is C20H13FN2O2. The van der Waals surface area contributed by atoms with Crippen molar-refractivity contribution in [3.63, 3.8) is 0 Å². The molecule has 0 aliphatic rings. The predicted molar refractivity (Wildman–Crippen MR) is 93.0 cm³/mol. The molecule has 0 aliphatic heterocycles. The molecule has 2 aromatic heterocycles. The van der Waals surface area contributed by atoms with Crippen LogP contribution in [0.1, 0.15) is 15.9 Å². The van der Waals surface area contributed by atoms with Gasteiger partial charge in [-0.1, -0.05) is 0 Å². The summed E-state index contributed by atoms with van der Waals surface area (Å²) in [5.41, 5.74) is 2.90. The molecule has 4 nitrogen and oxygen atoms in total. The number of aromatic nitrogens is 2. The molecule has 2 aromatic carbocycles. The van der Waals surface area contributed by atoms with Gasteiger partial charge in [-0.25, -0.2) is 4.39 Å². The Balaban J connectivity index is 1.85. The number of H-pyrrole nitrogens is 1. The van der Waals surface area contributed by atoms with Crippen molar-refractivity contribution in [3.05, 3.63) is 84.1 Å². The van der Waals surface area contributed by atoms with Crippen LogP contribution in [-0.2, 0) is 0 Å². The van der Waals surface area contributed by atoms with Crippen molar-refractivity contribution in [2.24, 2.45) is 0 Å². The lowest BCUT2D eigenvalue weighted by Gasteiger charge is -2.06. The second-order valence-electron chi connectivity index (χ2n) is 5.73. The summed E-state index contributed by atoms with van der Waals surface area (Å²) in [6.07, 6.45) is 4.80. The maximum Gasteiger partial charge on any atom is 0.194 e. The van der Waals surface area contributed by atoms with E-state index < -0.39 is 0 Å². The molecule has 4 rings (SSSR count). The number of aromatic amines is 1. The second kappa shape index (κ2) is 5.87. The first-order valence-electron chi connectivity index (χ1n) is 7.67. The van der Waals surface area contributed by atoms with E-state index in [0.29, 0.717) is 27.6 Å². The standard InChI is InChI=1S/C20H13FN2O2/c21-15-3-4-19-17(9-15)18(11-23-19)13-6-14(8-16(24)7-13)20(25)12-2-1-5-22-10-12/h1-11,23-24H. The van der Waals surface area contributed by atoms with E-state index in [9.17, 15) is 14.3 Å². The highest BCUT2D eigenvalue weighted by Gasteiger charge is 2.14. The molecule has 0 spiro atoms. The van der Waals surface area contributed by atoms with Crippen LogP contribution in [0.2, 0.25) is 0 Å². The van der Waals surface area contributed by atoms with Gasteiger partial charge in [0.05, 0.1) is 0 Å². The quantitative estimate of drug-likeness (QED) is 0.550. The Morgan fingerprint density at radius 3 is 2.76 bits per heavy atom. The number of benzene rings is 2. The van der Waals surface area contributed by atoms with Crippen LogP contribution in [0.25, 0.3) is 22.0 Å². The van der Waals surface area contributed by atoms with Crippen LogP contribution in [0.5, 0.6) is 5.75 Å². The molecule has 0 saturated carbocycles. The number of aromatic hydroxyl groups is 1. The van der Waals surface area contributed by atoms with Crippen LogP contribution < -0.4 is 0 Å². The van der Waals surface area contributed by atoms with E-state index in [2.05, 4.69) is 9.97 Å². The normalized spacial score (nSPS) is 10.9. The van der Waals surface area contributed by atoms with Crippen molar-refractivity contribution in [1.82, 2.24) is 9.97 Å². The van der Waals surface area contributed by atoms with Gasteiger partial charge in [-0.05, 0) is 54.1 Å². The Kier molecular flexibility index (Phi) is 3.54. The number of hydrogen-bond acceptors (Lipinski definition) is 3. The molecule has 0 bridgehead atoms. The number of carbonyl (C=O) groups is 1. The highest BCUT2D eigenvalue weighted by atomic mass is 19.1. The average molecular weight is 332 g/mol. The van der Waals surface area contributed by atoms with Crippen molar-refractivity contribution in [2.75, 3.05) is 0 Å². The second-order valence-corrected chi connectivity index (χ2v) is 5.73. The first kappa shape index (κ1) is 15.1. The smallest absolute Gasteiger partial charge is 0.194 e. The van der Waals surface area contributed by atoms with Gasteiger partial charge < -0.3 is 10.1 Å². The molecule has 0 fully saturated rings. The molecule has 0 amide bonds. The zero-order valence-electron chi connectivity index (χ0n) is 13.0. The number of fused-ring (bicyclic) bond motifs is 1. The molecule has 0 radical (unpaired) electrons. The third-order valence-corrected chi connectivity index (χ3v) is 4.06. The van der Waals surface area contributed by atoms with Gasteiger partial charge in [-0.3, -0.25) is 9.78 Å². The third kappa shape index (κ3) is 2.76. The topological polar surface area (TPSA) is 66.0 Å². The number of hydrogen-bond donors (Lipinski definition) is 2. The third-order valence-electron chi connectivity index (χ3n) is 4.06. The molecule has 0 unspecified atom stereocenters. The molecule has 2 heterocycles. The number of rotatable bonds is 3. The largest absolute Gasteiger partial charge is 0.508 e. The minimum Gasteiger partial charge on any atom is -0.508 e. The van der Waals surface area contributed by atoms with Gasteiger partial charge in [0.15, 0.2) is 5.78 Å². The van der Waals surface area contributed by atoms with Crippen molar-refractivity contribution in [1.29, 1.82) is 0 Å². The number of ketones is 1. The minimum atomic E-state index is -0.347. The Hall–Kier alpha value is -3.47. The van der Waals surface area contributed by atoms with E-state index in [0.717, 1.165) is 5.52 Å². The summed E-state index contributed by atoms with van der Waals surface area (Å²) in [4.78, 5) is 19.6. The summed E-state index contributed by atoms with van der Waals surface area (Å²) in [6.45, 7) is 0. The summed E-state index contributed by atoms with van der Waals surface area (Å²) in [5, 5.41) is 10.7. The maximum atomic E-state index is 13.6. The SMILES string of the molecule is O=C(c1cccnc1)c1cc(O)cc(-c2c[nH]c3ccc(F)cc23)c1. The molecule has 0 aliphatic carbocycles. The lowest BCUT2D eigenvalue weighted by atomic mass is 9.98. The van der Waals surface area contributed by atoms with Crippen molar-refractivity contribution in [3.8, 4) is 16.9 Å². The van der Waals surface area contributed by atoms with Gasteiger partial charge >= 0.3 is 0 Å². The summed E-state index contributed by atoms with van der Waals surface area (Å²) >= 11 is 0. The number of nitrogens with zero attached hydrogens (tertiary/aromatic N) is 1. The summed E-state index contributed by atoms with van der Waals surface area (Å²) in [6, 6.07) is 12.4. The monoisotopic (exact) mass is 332 g/mol. The first-order chi connectivity index (χ1) is 12.1. The summed E-state index contributed by atoms with van der Waals surface area (Å²) in [7, 11) is 0. The zero-order chi connectivity index (χ0) is 17.4. The van der Waals surface area contributed by atoms with Gasteiger partial charge in [0.25, 0.3) is 0 Å². The van der Waals surface area contributed by atoms with E-state index in [1.54, 1.807) is 42.7 Å². The van der Waals surface area contributed by atoms with Crippen LogP contribution in [0.4, 0.5) is 4.39 Å². The molecule has 25 heavy (non-hydrogen) atoms. The van der Waals surface area contributed by atoms with Crippen LogP contribution in [-0.4, -0.2) is 20.9 Å². The molecule has 122 valence electrons. The number of pyridine rings is 1. The van der Waals surface area contributed by atoms with Gasteiger partial charge in [-0.15, -0.1) is 0 Å². The average Bonchev–Trinajstić information content (AvgIpc) is 3.04. The fourth-order valence-corrected chi connectivity index (χ4v) is 2.89. The van der Waals surface area contributed by atoms with E-state index in [4.69, 9.17) is 0 Å². The van der Waals surface area contributed by atoms with Gasteiger partial charge in [0.2, 0.25) is 0 Å². The van der Waals surface area contributed by atoms with E-state index in [-0.39, 0.29) is 17.3 Å². The van der Waals surface area contributed by atoms with E-state index in [1.807, 2.05) is 0 Å². The molecule has 5 heteroatoms. The lowest BCUT2D eigenvalue weighted by molar-refractivity contribution is 0.103. The maximum absolute atomic E-state index is 13.6. The van der Waals surface area contributed by atoms with Gasteiger partial charge in [0, 0.05) is 46.2 Å². The Morgan fingerprint density at radius 2 is 1.96 bits per heavy atom. The molecule has 0 saturated heterocycles. The molecular weight excluding hydrogens is 319 g/mol. The Bertz CT molecular complexity index is 1090. The zero-order valence-corrected chi connectivity index (χ0v) is 13.0.